The van der Waals surface area contributed by atoms with Gasteiger partial charge in [-0.15, -0.1) is 0 Å². The van der Waals surface area contributed by atoms with Gasteiger partial charge in [0.15, 0.2) is 11.0 Å². The number of ether oxygens (including phenoxy) is 2. The zero-order chi connectivity index (χ0) is 28.2. The molecule has 3 heterocycles. The number of aliphatic hydroxyl groups excluding tert-OH is 7. The van der Waals surface area contributed by atoms with Gasteiger partial charge in [-0.05, 0) is 0 Å². The summed E-state index contributed by atoms with van der Waals surface area (Å²) >= 11 is 0. The van der Waals surface area contributed by atoms with E-state index in [0.29, 0.717) is 5.56 Å². The lowest BCUT2D eigenvalue weighted by Crippen LogP contribution is -2.55. The van der Waals surface area contributed by atoms with E-state index in [1.165, 1.54) is 0 Å². The number of rotatable bonds is 4. The number of hydrogen-bond acceptors (Lipinski definition) is 13. The number of phenolic OH excluding ortho intramolecular Hbond substituents is 2. The van der Waals surface area contributed by atoms with Crippen LogP contribution in [0.3, 0.4) is 0 Å². The van der Waals surface area contributed by atoms with Gasteiger partial charge in [-0.25, -0.2) is 0 Å². The Bertz CT molecular complexity index is 1400. The van der Waals surface area contributed by atoms with Crippen molar-refractivity contribution >= 4 is 11.0 Å². The monoisotopic (exact) mass is 548 g/mol. The van der Waals surface area contributed by atoms with Gasteiger partial charge >= 0.3 is 0 Å². The number of fused-ring (bicyclic) bond motifs is 1. The molecule has 9 atom stereocenters. The maximum Gasteiger partial charge on any atom is 0.197 e. The highest BCUT2D eigenvalue weighted by Gasteiger charge is 2.48. The van der Waals surface area contributed by atoms with Crippen molar-refractivity contribution in [3.8, 4) is 22.8 Å². The Kier molecular flexibility index (Phi) is 7.37. The molecule has 39 heavy (non-hydrogen) atoms. The second-order valence-electron chi connectivity index (χ2n) is 9.62. The average molecular weight is 548 g/mol. The normalized spacial score (nSPS) is 33.4. The van der Waals surface area contributed by atoms with Crippen LogP contribution in [-0.2, 0) is 9.47 Å². The topological polar surface area (TPSA) is 231 Å². The van der Waals surface area contributed by atoms with E-state index in [0.717, 1.165) is 6.07 Å². The van der Waals surface area contributed by atoms with E-state index in [1.807, 2.05) is 0 Å². The minimum atomic E-state index is -1.95. The van der Waals surface area contributed by atoms with E-state index in [2.05, 4.69) is 0 Å². The molecular weight excluding hydrogens is 520 g/mol. The van der Waals surface area contributed by atoms with E-state index in [-0.39, 0.29) is 5.76 Å². The van der Waals surface area contributed by atoms with Crippen molar-refractivity contribution in [2.45, 2.75) is 54.9 Å². The third kappa shape index (κ3) is 4.47. The fourth-order valence-electron chi connectivity index (χ4n) is 5.09. The lowest BCUT2D eigenvalue weighted by Gasteiger charge is -2.41. The van der Waals surface area contributed by atoms with Gasteiger partial charge in [0.05, 0.1) is 24.3 Å². The van der Waals surface area contributed by atoms with Crippen LogP contribution < -0.4 is 5.43 Å². The lowest BCUT2D eigenvalue weighted by molar-refractivity contribution is -0.232. The molecule has 9 N–H and O–H groups in total. The molecule has 2 saturated heterocycles. The molecule has 3 aromatic rings. The molecule has 2 aromatic carbocycles. The fraction of sp³-hybridized carbons (Fsp3) is 0.423. The molecule has 0 unspecified atom stereocenters. The van der Waals surface area contributed by atoms with Crippen molar-refractivity contribution in [1.29, 1.82) is 0 Å². The van der Waals surface area contributed by atoms with Crippen LogP contribution in [0.4, 0.5) is 0 Å². The Hall–Kier alpha value is -3.11. The van der Waals surface area contributed by atoms with Gasteiger partial charge in [0.1, 0.15) is 77.6 Å². The van der Waals surface area contributed by atoms with Crippen molar-refractivity contribution in [1.82, 2.24) is 0 Å². The minimum Gasteiger partial charge on any atom is -0.507 e. The highest BCUT2D eigenvalue weighted by Crippen LogP contribution is 2.50. The van der Waals surface area contributed by atoms with Gasteiger partial charge in [-0.2, -0.15) is 0 Å². The van der Waals surface area contributed by atoms with Crippen LogP contribution >= 0.6 is 0 Å². The first-order valence-electron chi connectivity index (χ1n) is 12.1. The smallest absolute Gasteiger partial charge is 0.197 e. The molecule has 0 amide bonds. The first-order valence-corrected chi connectivity index (χ1v) is 12.1. The zero-order valence-corrected chi connectivity index (χ0v) is 20.2. The van der Waals surface area contributed by atoms with Crippen LogP contribution in [0.25, 0.3) is 22.3 Å². The molecule has 0 radical (unpaired) electrons. The summed E-state index contributed by atoms with van der Waals surface area (Å²) in [6, 6.07) is 9.45. The van der Waals surface area contributed by atoms with Gasteiger partial charge in [0.2, 0.25) is 0 Å². The van der Waals surface area contributed by atoms with Crippen molar-refractivity contribution in [3.63, 3.8) is 0 Å². The Morgan fingerprint density at radius 2 is 1.46 bits per heavy atom. The zero-order valence-electron chi connectivity index (χ0n) is 20.2. The Labute approximate surface area is 220 Å². The van der Waals surface area contributed by atoms with Crippen LogP contribution in [0, 0.1) is 0 Å². The molecule has 1 aromatic heterocycles. The van der Waals surface area contributed by atoms with Crippen LogP contribution in [0.2, 0.25) is 0 Å². The van der Waals surface area contributed by atoms with E-state index >= 15 is 0 Å². The molecule has 13 heteroatoms. The van der Waals surface area contributed by atoms with E-state index in [1.54, 1.807) is 30.3 Å². The molecule has 0 aliphatic carbocycles. The molecule has 2 aliphatic rings. The van der Waals surface area contributed by atoms with Crippen LogP contribution in [-0.4, -0.2) is 102 Å². The summed E-state index contributed by atoms with van der Waals surface area (Å²) in [5.74, 6) is -1.75. The summed E-state index contributed by atoms with van der Waals surface area (Å²) in [5.41, 5.74) is -1.79. The van der Waals surface area contributed by atoms with Gasteiger partial charge in [-0.1, -0.05) is 30.3 Å². The summed E-state index contributed by atoms with van der Waals surface area (Å²) in [6.07, 6.45) is -15.4. The van der Waals surface area contributed by atoms with Crippen molar-refractivity contribution in [2.75, 3.05) is 13.2 Å². The van der Waals surface area contributed by atoms with Gasteiger partial charge in [0.25, 0.3) is 0 Å². The Balaban J connectivity index is 1.80. The van der Waals surface area contributed by atoms with Crippen LogP contribution in [0.5, 0.6) is 11.5 Å². The number of phenols is 2. The standard InChI is InChI=1S/C26H28O13/c27-7-13-18(31)21(34)23(36)26(39-13)15-19(32)14-10(28)6-12(9-4-2-1-3-5-9)38-24(14)16(20(15)33)25-22(35)17(30)11(29)8-37-25/h1-6,11,13,17-18,21-23,25-27,29-36H,7-8H2/t11-,13+,17-,18+,21-,22+,23+,25-,26-/m1/s1. The molecule has 210 valence electrons. The van der Waals surface area contributed by atoms with Gasteiger partial charge in [-0.3, -0.25) is 4.79 Å². The Morgan fingerprint density at radius 3 is 2.13 bits per heavy atom. The molecular formula is C26H28O13. The predicted molar refractivity (Wildman–Crippen MR) is 131 cm³/mol. The molecule has 13 nitrogen and oxygen atoms in total. The molecule has 5 rings (SSSR count). The largest absolute Gasteiger partial charge is 0.507 e. The molecule has 2 aliphatic heterocycles. The molecule has 0 spiro atoms. The Morgan fingerprint density at radius 1 is 0.795 bits per heavy atom. The first-order chi connectivity index (χ1) is 18.6. The van der Waals surface area contributed by atoms with E-state index in [4.69, 9.17) is 13.9 Å². The molecule has 0 saturated carbocycles. The quantitative estimate of drug-likeness (QED) is 0.182. The van der Waals surface area contributed by atoms with E-state index in [9.17, 15) is 50.8 Å². The second-order valence-corrected chi connectivity index (χ2v) is 9.62. The summed E-state index contributed by atoms with van der Waals surface area (Å²) in [6.45, 7) is -1.29. The van der Waals surface area contributed by atoms with Crippen molar-refractivity contribution in [3.05, 3.63) is 57.7 Å². The number of benzene rings is 2. The highest BCUT2D eigenvalue weighted by molar-refractivity contribution is 5.91. The third-order valence-electron chi connectivity index (χ3n) is 7.21. The maximum absolute atomic E-state index is 13.4. The predicted octanol–water partition coefficient (Wildman–Crippen LogP) is -1.46. The number of aliphatic hydroxyl groups is 7. The van der Waals surface area contributed by atoms with Crippen molar-refractivity contribution in [2.24, 2.45) is 0 Å². The maximum atomic E-state index is 13.4. The number of hydrogen-bond donors (Lipinski definition) is 9. The summed E-state index contributed by atoms with van der Waals surface area (Å²) in [5, 5.41) is 94.0. The lowest BCUT2D eigenvalue weighted by atomic mass is 9.85. The average Bonchev–Trinajstić information content (AvgIpc) is 2.93. The van der Waals surface area contributed by atoms with Gasteiger partial charge < -0.3 is 59.8 Å². The third-order valence-corrected chi connectivity index (χ3v) is 7.21. The molecule has 2 fully saturated rings. The van der Waals surface area contributed by atoms with Crippen LogP contribution in [0.15, 0.2) is 45.6 Å². The first kappa shape index (κ1) is 27.5. The summed E-state index contributed by atoms with van der Waals surface area (Å²) in [7, 11) is 0. The summed E-state index contributed by atoms with van der Waals surface area (Å²) < 4.78 is 17.0. The van der Waals surface area contributed by atoms with E-state index < -0.39 is 107 Å². The van der Waals surface area contributed by atoms with Crippen LogP contribution in [0.1, 0.15) is 23.3 Å². The minimum absolute atomic E-state index is 0.0274. The molecule has 0 bridgehead atoms. The summed E-state index contributed by atoms with van der Waals surface area (Å²) in [4.78, 5) is 13.4. The van der Waals surface area contributed by atoms with Crippen molar-refractivity contribution < 1.29 is 59.8 Å². The highest BCUT2D eigenvalue weighted by atomic mass is 16.5. The second kappa shape index (κ2) is 10.5. The SMILES string of the molecule is O=c1cc(-c2ccccc2)oc2c([C@H]3OC[C@@H](O)[C@@H](O)[C@@H]3O)c(O)c([C@H]3O[C@@H](CO)[C@H](O)[C@@H](O)[C@@H]3O)c(O)c12. The van der Waals surface area contributed by atoms with Gasteiger partial charge in [0, 0.05) is 11.6 Å². The fourth-order valence-corrected chi connectivity index (χ4v) is 5.09. The number of aromatic hydroxyl groups is 2.